The Hall–Kier alpha value is -1.94. The van der Waals surface area contributed by atoms with Crippen LogP contribution in [0.1, 0.15) is 383 Å². The number of esters is 4. The van der Waals surface area contributed by atoms with Crippen molar-refractivity contribution < 1.29 is 80.2 Å². The summed E-state index contributed by atoms with van der Waals surface area (Å²) in [5.41, 5.74) is 0. The maximum atomic E-state index is 13.1. The van der Waals surface area contributed by atoms with Gasteiger partial charge in [0.1, 0.15) is 19.3 Å². The Labute approximate surface area is 581 Å². The Morgan fingerprint density at radius 3 is 0.747 bits per heavy atom. The van der Waals surface area contributed by atoms with Crippen LogP contribution in [0, 0.1) is 23.7 Å². The van der Waals surface area contributed by atoms with Gasteiger partial charge in [-0.1, -0.05) is 331 Å². The van der Waals surface area contributed by atoms with Gasteiger partial charge in [-0.15, -0.1) is 0 Å². The van der Waals surface area contributed by atoms with Crippen LogP contribution in [-0.4, -0.2) is 96.7 Å². The monoisotopic (exact) mass is 1400 g/mol. The normalized spacial score (nSPS) is 14.7. The van der Waals surface area contributed by atoms with Gasteiger partial charge in [-0.25, -0.2) is 9.13 Å². The number of carbonyl (C=O) groups is 4. The van der Waals surface area contributed by atoms with E-state index in [2.05, 4.69) is 55.4 Å². The van der Waals surface area contributed by atoms with Gasteiger partial charge in [-0.3, -0.25) is 37.3 Å². The van der Waals surface area contributed by atoms with E-state index in [4.69, 9.17) is 37.0 Å². The smallest absolute Gasteiger partial charge is 0.462 e. The minimum absolute atomic E-state index is 0.103. The summed E-state index contributed by atoms with van der Waals surface area (Å²) in [7, 11) is -9.91. The molecule has 19 heteroatoms. The molecular formula is C76H148O17P2. The molecule has 0 aliphatic carbocycles. The topological polar surface area (TPSA) is 237 Å². The van der Waals surface area contributed by atoms with Crippen LogP contribution in [0.5, 0.6) is 0 Å². The SMILES string of the molecule is CCC(C)CCCCCCCCC(=O)OC[C@H](COP(=O)(O)OC[C@H](O)COP(=O)(O)OC[C@@H](COC(=O)CCCCCCCCCCCCCCCCCCCCC(C)C)OC(=O)CCCCCCCCC(C)CC)OC(=O)CCCCCCCCCCCCCC(C)C. The molecule has 564 valence electrons. The summed E-state index contributed by atoms with van der Waals surface area (Å²) in [5.74, 6) is 0.913. The second-order valence-corrected chi connectivity index (χ2v) is 31.7. The first kappa shape index (κ1) is 93.1. The molecule has 17 nitrogen and oxygen atoms in total. The van der Waals surface area contributed by atoms with Crippen LogP contribution >= 0.6 is 15.6 Å². The summed E-state index contributed by atoms with van der Waals surface area (Å²) in [6, 6.07) is 0. The molecule has 3 N–H and O–H groups in total. The van der Waals surface area contributed by atoms with Gasteiger partial charge < -0.3 is 33.8 Å². The zero-order chi connectivity index (χ0) is 70.3. The van der Waals surface area contributed by atoms with Crippen molar-refractivity contribution >= 4 is 39.5 Å². The van der Waals surface area contributed by atoms with Crippen molar-refractivity contribution in [2.45, 2.75) is 401 Å². The summed E-state index contributed by atoms with van der Waals surface area (Å²) >= 11 is 0. The summed E-state index contributed by atoms with van der Waals surface area (Å²) in [4.78, 5) is 72.7. The predicted octanol–water partition coefficient (Wildman–Crippen LogP) is 22.0. The highest BCUT2D eigenvalue weighted by Crippen LogP contribution is 2.45. The maximum Gasteiger partial charge on any atom is 0.472 e. The molecule has 0 aromatic heterocycles. The fourth-order valence-electron chi connectivity index (χ4n) is 11.5. The highest BCUT2D eigenvalue weighted by atomic mass is 31.2. The number of ether oxygens (including phenoxy) is 4. The first-order chi connectivity index (χ1) is 45.7. The van der Waals surface area contributed by atoms with Crippen LogP contribution in [0.3, 0.4) is 0 Å². The number of hydrogen-bond donors (Lipinski definition) is 3. The van der Waals surface area contributed by atoms with Crippen molar-refractivity contribution in [3.8, 4) is 0 Å². The van der Waals surface area contributed by atoms with E-state index < -0.39 is 97.5 Å². The third kappa shape index (κ3) is 67.6. The van der Waals surface area contributed by atoms with E-state index in [0.717, 1.165) is 120 Å². The number of carbonyl (C=O) groups excluding carboxylic acids is 4. The van der Waals surface area contributed by atoms with E-state index in [1.165, 1.54) is 180 Å². The lowest BCUT2D eigenvalue weighted by Crippen LogP contribution is -2.30. The molecule has 0 aromatic rings. The van der Waals surface area contributed by atoms with E-state index in [9.17, 15) is 43.2 Å². The van der Waals surface area contributed by atoms with E-state index in [1.807, 2.05) is 0 Å². The number of phosphoric acid groups is 2. The van der Waals surface area contributed by atoms with Crippen molar-refractivity contribution in [1.29, 1.82) is 0 Å². The molecule has 0 fully saturated rings. The molecular weight excluding hydrogens is 1250 g/mol. The largest absolute Gasteiger partial charge is 0.472 e. The van der Waals surface area contributed by atoms with Gasteiger partial charge in [0, 0.05) is 25.7 Å². The summed E-state index contributed by atoms with van der Waals surface area (Å²) in [6.45, 7) is 14.1. The van der Waals surface area contributed by atoms with Crippen LogP contribution in [-0.2, 0) is 65.4 Å². The summed E-state index contributed by atoms with van der Waals surface area (Å²) in [6.07, 6.45) is 50.2. The summed E-state index contributed by atoms with van der Waals surface area (Å²) in [5, 5.41) is 10.6. The van der Waals surface area contributed by atoms with Gasteiger partial charge in [-0.2, -0.15) is 0 Å². The van der Waals surface area contributed by atoms with Crippen molar-refractivity contribution in [1.82, 2.24) is 0 Å². The lowest BCUT2D eigenvalue weighted by atomic mass is 10.00. The Bertz CT molecular complexity index is 1870. The minimum atomic E-state index is -4.96. The van der Waals surface area contributed by atoms with Crippen molar-refractivity contribution in [3.63, 3.8) is 0 Å². The minimum Gasteiger partial charge on any atom is -0.462 e. The van der Waals surface area contributed by atoms with Gasteiger partial charge in [0.25, 0.3) is 0 Å². The van der Waals surface area contributed by atoms with Crippen LogP contribution in [0.25, 0.3) is 0 Å². The lowest BCUT2D eigenvalue weighted by molar-refractivity contribution is -0.161. The Balaban J connectivity index is 5.15. The van der Waals surface area contributed by atoms with Crippen LogP contribution in [0.15, 0.2) is 0 Å². The highest BCUT2D eigenvalue weighted by molar-refractivity contribution is 7.47. The fraction of sp³-hybridized carbons (Fsp3) is 0.947. The molecule has 0 aliphatic rings. The van der Waals surface area contributed by atoms with Crippen LogP contribution in [0.4, 0.5) is 0 Å². The molecule has 95 heavy (non-hydrogen) atoms. The Kier molecular flexibility index (Phi) is 64.0. The number of aliphatic hydroxyl groups is 1. The zero-order valence-electron chi connectivity index (χ0n) is 62.3. The van der Waals surface area contributed by atoms with Gasteiger partial charge in [0.2, 0.25) is 0 Å². The van der Waals surface area contributed by atoms with Gasteiger partial charge >= 0.3 is 39.5 Å². The van der Waals surface area contributed by atoms with E-state index in [-0.39, 0.29) is 25.7 Å². The average molecular weight is 1400 g/mol. The summed E-state index contributed by atoms with van der Waals surface area (Å²) < 4.78 is 68.4. The van der Waals surface area contributed by atoms with Crippen LogP contribution in [0.2, 0.25) is 0 Å². The predicted molar refractivity (Wildman–Crippen MR) is 386 cm³/mol. The molecule has 0 aliphatic heterocycles. The zero-order valence-corrected chi connectivity index (χ0v) is 64.1. The van der Waals surface area contributed by atoms with Gasteiger partial charge in [0.05, 0.1) is 26.4 Å². The molecule has 4 unspecified atom stereocenters. The molecule has 0 amide bonds. The Morgan fingerprint density at radius 1 is 0.295 bits per heavy atom. The standard InChI is InChI=1S/C76H148O17P2/c1-9-68(7)54-46-38-32-34-41-49-57-74(79)87-63-71(92-75(80)58-50-42-31-27-23-19-21-25-29-37-45-53-67(5)6)64-90-94(82,83)88-60-70(77)61-89-95(84,85)91-65-72(93-76(81)59-51-43-35-33-39-47-55-69(8)10-2)62-86-73(78)56-48-40-30-26-22-18-16-14-12-11-13-15-17-20-24-28-36-44-52-66(3)4/h66-72,77H,9-65H2,1-8H3,(H,82,83)(H,84,85)/t68?,69?,70-,71+,72+/m0/s1. The molecule has 0 saturated heterocycles. The number of rotatable bonds is 73. The maximum absolute atomic E-state index is 13.1. The lowest BCUT2D eigenvalue weighted by Gasteiger charge is -2.21. The van der Waals surface area contributed by atoms with E-state index in [1.54, 1.807) is 0 Å². The third-order valence-electron chi connectivity index (χ3n) is 18.3. The molecule has 0 bridgehead atoms. The molecule has 0 spiro atoms. The van der Waals surface area contributed by atoms with Crippen molar-refractivity contribution in [2.24, 2.45) is 23.7 Å². The number of aliphatic hydroxyl groups excluding tert-OH is 1. The second kappa shape index (κ2) is 65.4. The number of hydrogen-bond acceptors (Lipinski definition) is 15. The van der Waals surface area contributed by atoms with Gasteiger partial charge in [-0.05, 0) is 49.4 Å². The van der Waals surface area contributed by atoms with Crippen LogP contribution < -0.4 is 0 Å². The van der Waals surface area contributed by atoms with Crippen molar-refractivity contribution in [3.05, 3.63) is 0 Å². The first-order valence-corrected chi connectivity index (χ1v) is 42.3. The fourth-order valence-corrected chi connectivity index (χ4v) is 13.1. The average Bonchev–Trinajstić information content (AvgIpc) is 1.85. The highest BCUT2D eigenvalue weighted by Gasteiger charge is 2.30. The molecule has 0 radical (unpaired) electrons. The molecule has 0 saturated carbocycles. The quantitative estimate of drug-likeness (QED) is 0.0222. The molecule has 0 heterocycles. The number of phosphoric ester groups is 2. The van der Waals surface area contributed by atoms with E-state index in [0.29, 0.717) is 25.7 Å². The number of unbranched alkanes of at least 4 members (excludes halogenated alkanes) is 37. The van der Waals surface area contributed by atoms with E-state index >= 15 is 0 Å². The molecule has 0 aromatic carbocycles. The first-order valence-electron chi connectivity index (χ1n) is 39.3. The Morgan fingerprint density at radius 2 is 0.505 bits per heavy atom. The molecule has 7 atom stereocenters. The molecule has 0 rings (SSSR count). The second-order valence-electron chi connectivity index (χ2n) is 28.8. The van der Waals surface area contributed by atoms with Gasteiger partial charge in [0.15, 0.2) is 12.2 Å². The van der Waals surface area contributed by atoms with Crippen molar-refractivity contribution in [2.75, 3.05) is 39.6 Å². The third-order valence-corrected chi connectivity index (χ3v) is 20.2.